The molecule has 4 heteroatoms. The number of likely N-dealkylation sites (tertiary alicyclic amines) is 1. The smallest absolute Gasteiger partial charge is 0.222 e. The first kappa shape index (κ1) is 14.8. The molecule has 1 amide bonds. The number of carbonyl (C=O) groups excluding carboxylic acids is 1. The molecule has 0 radical (unpaired) electrons. The second kappa shape index (κ2) is 6.73. The number of para-hydroxylation sites is 1. The molecule has 1 aliphatic rings. The number of nitrogens with one attached hydrogen (secondary N) is 1. The van der Waals surface area contributed by atoms with Crippen LogP contribution in [0, 0.1) is 11.7 Å². The van der Waals surface area contributed by atoms with Crippen LogP contribution in [-0.2, 0) is 4.79 Å². The van der Waals surface area contributed by atoms with Crippen LogP contribution in [0.3, 0.4) is 0 Å². The van der Waals surface area contributed by atoms with Crippen molar-refractivity contribution in [3.8, 4) is 0 Å². The topological polar surface area (TPSA) is 32.3 Å². The van der Waals surface area contributed by atoms with Gasteiger partial charge in [-0.15, -0.1) is 0 Å². The van der Waals surface area contributed by atoms with Gasteiger partial charge in [0.15, 0.2) is 0 Å². The van der Waals surface area contributed by atoms with E-state index in [1.165, 1.54) is 6.07 Å². The highest BCUT2D eigenvalue weighted by atomic mass is 19.1. The highest BCUT2D eigenvalue weighted by Crippen LogP contribution is 2.20. The molecule has 0 bridgehead atoms. The van der Waals surface area contributed by atoms with Gasteiger partial charge in [-0.3, -0.25) is 4.79 Å². The van der Waals surface area contributed by atoms with E-state index in [1.54, 1.807) is 12.1 Å². The van der Waals surface area contributed by atoms with Crippen LogP contribution in [0.4, 0.5) is 10.1 Å². The van der Waals surface area contributed by atoms with Crippen molar-refractivity contribution in [1.82, 2.24) is 4.90 Å². The predicted octanol–water partition coefficient (Wildman–Crippen LogP) is 3.27. The van der Waals surface area contributed by atoms with Gasteiger partial charge in [0.2, 0.25) is 5.91 Å². The first-order valence-corrected chi connectivity index (χ1v) is 7.35. The van der Waals surface area contributed by atoms with Crippen LogP contribution in [0.2, 0.25) is 0 Å². The van der Waals surface area contributed by atoms with Crippen molar-refractivity contribution in [1.29, 1.82) is 0 Å². The fourth-order valence-corrected chi connectivity index (χ4v) is 2.55. The summed E-state index contributed by atoms with van der Waals surface area (Å²) >= 11 is 0. The summed E-state index contributed by atoms with van der Waals surface area (Å²) in [4.78, 5) is 13.9. The second-order valence-corrected chi connectivity index (χ2v) is 5.88. The van der Waals surface area contributed by atoms with E-state index < -0.39 is 0 Å². The third-order valence-electron chi connectivity index (χ3n) is 3.66. The normalized spacial score (nSPS) is 16.5. The van der Waals surface area contributed by atoms with E-state index in [1.807, 2.05) is 11.0 Å². The zero-order valence-corrected chi connectivity index (χ0v) is 12.2. The molecule has 2 rings (SSSR count). The SMILES string of the molecule is CC(C)CC(=O)N1CCC(Nc2ccccc2F)CC1. The third-order valence-corrected chi connectivity index (χ3v) is 3.66. The van der Waals surface area contributed by atoms with Crippen molar-refractivity contribution in [3.05, 3.63) is 30.1 Å². The summed E-state index contributed by atoms with van der Waals surface area (Å²) in [5.41, 5.74) is 0.555. The average molecular weight is 278 g/mol. The number of nitrogens with zero attached hydrogens (tertiary/aromatic N) is 1. The number of halogens is 1. The van der Waals surface area contributed by atoms with Gasteiger partial charge in [0.1, 0.15) is 5.82 Å². The number of amides is 1. The standard InChI is InChI=1S/C16H23FN2O/c1-12(2)11-16(20)19-9-7-13(8-10-19)18-15-6-4-3-5-14(15)17/h3-6,12-13,18H,7-11H2,1-2H3. The molecule has 0 aliphatic carbocycles. The van der Waals surface area contributed by atoms with E-state index in [0.29, 0.717) is 18.0 Å². The van der Waals surface area contributed by atoms with Crippen molar-refractivity contribution in [2.45, 2.75) is 39.2 Å². The number of piperidine rings is 1. The van der Waals surface area contributed by atoms with Crippen molar-refractivity contribution in [3.63, 3.8) is 0 Å². The number of rotatable bonds is 4. The minimum atomic E-state index is -0.217. The summed E-state index contributed by atoms with van der Waals surface area (Å²) in [5, 5.41) is 3.24. The number of carbonyl (C=O) groups is 1. The van der Waals surface area contributed by atoms with E-state index >= 15 is 0 Å². The fraction of sp³-hybridized carbons (Fsp3) is 0.562. The zero-order valence-electron chi connectivity index (χ0n) is 12.2. The Morgan fingerprint density at radius 3 is 2.60 bits per heavy atom. The summed E-state index contributed by atoms with van der Waals surface area (Å²) in [6.07, 6.45) is 2.36. The van der Waals surface area contributed by atoms with Gasteiger partial charge in [-0.25, -0.2) is 4.39 Å². The molecule has 3 nitrogen and oxygen atoms in total. The molecular weight excluding hydrogens is 255 g/mol. The second-order valence-electron chi connectivity index (χ2n) is 5.88. The molecule has 1 saturated heterocycles. The quantitative estimate of drug-likeness (QED) is 0.916. The van der Waals surface area contributed by atoms with Crippen molar-refractivity contribution in [2.75, 3.05) is 18.4 Å². The molecule has 0 spiro atoms. The maximum Gasteiger partial charge on any atom is 0.222 e. The van der Waals surface area contributed by atoms with Crippen molar-refractivity contribution < 1.29 is 9.18 Å². The van der Waals surface area contributed by atoms with Crippen molar-refractivity contribution in [2.24, 2.45) is 5.92 Å². The summed E-state index contributed by atoms with van der Waals surface area (Å²) in [6, 6.07) is 6.98. The minimum Gasteiger partial charge on any atom is -0.380 e. The molecule has 0 aromatic heterocycles. The molecule has 20 heavy (non-hydrogen) atoms. The first-order chi connectivity index (χ1) is 9.56. The Balaban J connectivity index is 1.83. The molecule has 0 saturated carbocycles. The maximum absolute atomic E-state index is 13.6. The molecule has 1 aliphatic heterocycles. The Morgan fingerprint density at radius 2 is 2.00 bits per heavy atom. The predicted molar refractivity (Wildman–Crippen MR) is 79.1 cm³/mol. The lowest BCUT2D eigenvalue weighted by Crippen LogP contribution is -2.42. The molecular formula is C16H23FN2O. The van der Waals surface area contributed by atoms with E-state index in [2.05, 4.69) is 19.2 Å². The third kappa shape index (κ3) is 3.95. The van der Waals surface area contributed by atoms with Gasteiger partial charge in [0, 0.05) is 25.6 Å². The van der Waals surface area contributed by atoms with Crippen LogP contribution in [0.5, 0.6) is 0 Å². The summed E-state index contributed by atoms with van der Waals surface area (Å²) < 4.78 is 13.6. The van der Waals surface area contributed by atoms with Crippen LogP contribution in [0.1, 0.15) is 33.1 Å². The molecule has 1 N–H and O–H groups in total. The van der Waals surface area contributed by atoms with Gasteiger partial charge < -0.3 is 10.2 Å². The number of benzene rings is 1. The van der Waals surface area contributed by atoms with E-state index in [9.17, 15) is 9.18 Å². The fourth-order valence-electron chi connectivity index (χ4n) is 2.55. The van der Waals surface area contributed by atoms with E-state index in [0.717, 1.165) is 25.9 Å². The molecule has 1 aromatic rings. The van der Waals surface area contributed by atoms with Gasteiger partial charge >= 0.3 is 0 Å². The molecule has 110 valence electrons. The number of hydrogen-bond donors (Lipinski definition) is 1. The van der Waals surface area contributed by atoms with Gasteiger partial charge in [-0.2, -0.15) is 0 Å². The summed E-state index contributed by atoms with van der Waals surface area (Å²) in [6.45, 7) is 5.64. The average Bonchev–Trinajstić information content (AvgIpc) is 2.41. The monoisotopic (exact) mass is 278 g/mol. The molecule has 1 aromatic carbocycles. The lowest BCUT2D eigenvalue weighted by molar-refractivity contribution is -0.132. The van der Waals surface area contributed by atoms with Gasteiger partial charge in [-0.05, 0) is 30.9 Å². The molecule has 0 unspecified atom stereocenters. The molecule has 1 fully saturated rings. The van der Waals surface area contributed by atoms with Gasteiger partial charge in [0.05, 0.1) is 5.69 Å². The van der Waals surface area contributed by atoms with Crippen LogP contribution in [-0.4, -0.2) is 29.9 Å². The highest BCUT2D eigenvalue weighted by Gasteiger charge is 2.23. The Hall–Kier alpha value is -1.58. The van der Waals surface area contributed by atoms with Crippen LogP contribution < -0.4 is 5.32 Å². The Kier molecular flexibility index (Phi) is 4.99. The van der Waals surface area contributed by atoms with E-state index in [-0.39, 0.29) is 17.8 Å². The molecule has 1 heterocycles. The minimum absolute atomic E-state index is 0.217. The largest absolute Gasteiger partial charge is 0.380 e. The van der Waals surface area contributed by atoms with E-state index in [4.69, 9.17) is 0 Å². The van der Waals surface area contributed by atoms with Gasteiger partial charge in [-0.1, -0.05) is 26.0 Å². The van der Waals surface area contributed by atoms with Crippen LogP contribution >= 0.6 is 0 Å². The highest BCUT2D eigenvalue weighted by molar-refractivity contribution is 5.76. The Bertz CT molecular complexity index is 454. The number of anilines is 1. The molecule has 0 atom stereocenters. The first-order valence-electron chi connectivity index (χ1n) is 7.35. The maximum atomic E-state index is 13.6. The Morgan fingerprint density at radius 1 is 1.35 bits per heavy atom. The summed E-state index contributed by atoms with van der Waals surface area (Å²) in [5.74, 6) is 0.423. The lowest BCUT2D eigenvalue weighted by atomic mass is 10.0. The lowest BCUT2D eigenvalue weighted by Gasteiger charge is -2.33. The summed E-state index contributed by atoms with van der Waals surface area (Å²) in [7, 11) is 0. The van der Waals surface area contributed by atoms with Crippen LogP contribution in [0.25, 0.3) is 0 Å². The van der Waals surface area contributed by atoms with Gasteiger partial charge in [0.25, 0.3) is 0 Å². The zero-order chi connectivity index (χ0) is 14.5. The van der Waals surface area contributed by atoms with Crippen molar-refractivity contribution >= 4 is 11.6 Å². The number of hydrogen-bond acceptors (Lipinski definition) is 2. The van der Waals surface area contributed by atoms with Crippen LogP contribution in [0.15, 0.2) is 24.3 Å². The Labute approximate surface area is 120 Å².